The van der Waals surface area contributed by atoms with Crippen LogP contribution in [0.25, 0.3) is 0 Å². The molecule has 0 radical (unpaired) electrons. The molecule has 1 saturated heterocycles. The van der Waals surface area contributed by atoms with Gasteiger partial charge < -0.3 is 5.32 Å². The van der Waals surface area contributed by atoms with E-state index in [9.17, 15) is 0 Å². The minimum Gasteiger partial charge on any atom is -0.324 e. The van der Waals surface area contributed by atoms with Crippen molar-refractivity contribution < 1.29 is 0 Å². The van der Waals surface area contributed by atoms with Gasteiger partial charge in [0.25, 0.3) is 0 Å². The molecule has 3 aromatic heterocycles. The van der Waals surface area contributed by atoms with Gasteiger partial charge in [-0.15, -0.1) is 0 Å². The van der Waals surface area contributed by atoms with E-state index in [1.54, 1.807) is 18.6 Å². The first kappa shape index (κ1) is 15.7. The number of piperidine rings is 1. The van der Waals surface area contributed by atoms with E-state index in [1.807, 2.05) is 18.5 Å². The summed E-state index contributed by atoms with van der Waals surface area (Å²) in [6, 6.07) is 6.28. The highest BCUT2D eigenvalue weighted by atomic mass is 15.2. The maximum Gasteiger partial charge on any atom is 0.150 e. The Kier molecular flexibility index (Phi) is 4.65. The summed E-state index contributed by atoms with van der Waals surface area (Å²) in [5.41, 5.74) is 2.48. The van der Waals surface area contributed by atoms with Crippen LogP contribution in [-0.2, 0) is 6.54 Å². The van der Waals surface area contributed by atoms with Gasteiger partial charge in [0.2, 0.25) is 0 Å². The molecule has 0 bridgehead atoms. The summed E-state index contributed by atoms with van der Waals surface area (Å²) in [5, 5.41) is 10.3. The zero-order valence-corrected chi connectivity index (χ0v) is 14.0. The number of aromatic amines is 1. The Morgan fingerprint density at radius 3 is 2.92 bits per heavy atom. The lowest BCUT2D eigenvalue weighted by atomic mass is 9.91. The zero-order valence-electron chi connectivity index (χ0n) is 14.0. The third-order valence-corrected chi connectivity index (χ3v) is 4.53. The molecule has 128 valence electrons. The molecule has 2 N–H and O–H groups in total. The predicted molar refractivity (Wildman–Crippen MR) is 95.4 cm³/mol. The highest BCUT2D eigenvalue weighted by Gasteiger charge is 2.22. The molecule has 4 rings (SSSR count). The second-order valence-electron chi connectivity index (χ2n) is 6.35. The van der Waals surface area contributed by atoms with Crippen LogP contribution >= 0.6 is 0 Å². The number of hydrogen-bond acceptors (Lipinski definition) is 6. The lowest BCUT2D eigenvalue weighted by Gasteiger charge is -2.32. The van der Waals surface area contributed by atoms with Crippen molar-refractivity contribution in [3.63, 3.8) is 0 Å². The number of pyridine rings is 1. The van der Waals surface area contributed by atoms with E-state index in [0.29, 0.717) is 11.7 Å². The van der Waals surface area contributed by atoms with Crippen LogP contribution in [0.5, 0.6) is 0 Å². The first-order chi connectivity index (χ1) is 12.4. The van der Waals surface area contributed by atoms with Gasteiger partial charge in [0.1, 0.15) is 11.6 Å². The minimum atomic E-state index is 0.516. The maximum atomic E-state index is 4.40. The van der Waals surface area contributed by atoms with E-state index in [2.05, 4.69) is 47.5 Å². The van der Waals surface area contributed by atoms with Gasteiger partial charge in [-0.2, -0.15) is 5.10 Å². The lowest BCUT2D eigenvalue weighted by molar-refractivity contribution is 0.198. The number of H-pyrrole nitrogens is 1. The van der Waals surface area contributed by atoms with Crippen molar-refractivity contribution in [1.29, 1.82) is 0 Å². The van der Waals surface area contributed by atoms with Gasteiger partial charge in [0.05, 0.1) is 6.20 Å². The molecule has 1 unspecified atom stereocenters. The topological polar surface area (TPSA) is 82.6 Å². The summed E-state index contributed by atoms with van der Waals surface area (Å²) in [6.07, 6.45) is 11.1. The molecular weight excluding hydrogens is 314 g/mol. The molecule has 1 fully saturated rings. The van der Waals surface area contributed by atoms with E-state index in [-0.39, 0.29) is 0 Å². The van der Waals surface area contributed by atoms with Crippen molar-refractivity contribution in [3.05, 3.63) is 60.4 Å². The number of anilines is 2. The maximum absolute atomic E-state index is 4.40. The third-order valence-electron chi connectivity index (χ3n) is 4.53. The average molecular weight is 335 g/mol. The van der Waals surface area contributed by atoms with Crippen LogP contribution in [0.2, 0.25) is 0 Å². The van der Waals surface area contributed by atoms with Crippen molar-refractivity contribution >= 4 is 11.6 Å². The molecule has 1 atom stereocenters. The summed E-state index contributed by atoms with van der Waals surface area (Å²) in [4.78, 5) is 15.2. The van der Waals surface area contributed by atoms with Crippen LogP contribution < -0.4 is 5.32 Å². The summed E-state index contributed by atoms with van der Waals surface area (Å²) in [5.74, 6) is 2.03. The molecule has 1 aliphatic heterocycles. The summed E-state index contributed by atoms with van der Waals surface area (Å²) in [6.45, 7) is 3.10. The first-order valence-electron chi connectivity index (χ1n) is 8.56. The smallest absolute Gasteiger partial charge is 0.150 e. The first-order valence-corrected chi connectivity index (χ1v) is 8.56. The second-order valence-corrected chi connectivity index (χ2v) is 6.35. The van der Waals surface area contributed by atoms with E-state index < -0.39 is 0 Å². The molecule has 25 heavy (non-hydrogen) atoms. The fourth-order valence-electron chi connectivity index (χ4n) is 3.35. The molecule has 4 heterocycles. The highest BCUT2D eigenvalue weighted by Crippen LogP contribution is 2.28. The predicted octanol–water partition coefficient (Wildman–Crippen LogP) is 2.72. The fourth-order valence-corrected chi connectivity index (χ4v) is 3.35. The molecule has 7 heteroatoms. The fraction of sp³-hybridized carbons (Fsp3) is 0.333. The molecular formula is C18H21N7. The Bertz CT molecular complexity index is 788. The second kappa shape index (κ2) is 7.40. The normalized spacial score (nSPS) is 18.2. The Morgan fingerprint density at radius 1 is 1.12 bits per heavy atom. The van der Waals surface area contributed by atoms with E-state index >= 15 is 0 Å². The van der Waals surface area contributed by atoms with Gasteiger partial charge in [-0.25, -0.2) is 9.97 Å². The molecule has 0 aliphatic carbocycles. The monoisotopic (exact) mass is 335 g/mol. The number of likely N-dealkylation sites (tertiary alicyclic amines) is 1. The van der Waals surface area contributed by atoms with Crippen molar-refractivity contribution in [2.24, 2.45) is 0 Å². The van der Waals surface area contributed by atoms with Crippen LogP contribution in [-0.4, -0.2) is 43.1 Å². The van der Waals surface area contributed by atoms with Gasteiger partial charge >= 0.3 is 0 Å². The number of nitrogens with one attached hydrogen (secondary N) is 2. The van der Waals surface area contributed by atoms with Crippen LogP contribution in [0.1, 0.15) is 30.0 Å². The summed E-state index contributed by atoms with van der Waals surface area (Å²) in [7, 11) is 0. The molecule has 0 saturated carbocycles. The summed E-state index contributed by atoms with van der Waals surface area (Å²) < 4.78 is 0. The Morgan fingerprint density at radius 2 is 2.08 bits per heavy atom. The minimum absolute atomic E-state index is 0.516. The number of rotatable bonds is 5. The third kappa shape index (κ3) is 4.00. The number of nitrogens with zero attached hydrogens (tertiary/aromatic N) is 5. The van der Waals surface area contributed by atoms with Crippen LogP contribution in [0.15, 0.2) is 49.2 Å². The molecule has 0 spiro atoms. The van der Waals surface area contributed by atoms with Crippen LogP contribution in [0.3, 0.4) is 0 Å². The van der Waals surface area contributed by atoms with Crippen molar-refractivity contribution in [3.8, 4) is 0 Å². The van der Waals surface area contributed by atoms with E-state index in [0.717, 1.165) is 25.5 Å². The van der Waals surface area contributed by atoms with Gasteiger partial charge in [-0.1, -0.05) is 0 Å². The quantitative estimate of drug-likeness (QED) is 0.746. The van der Waals surface area contributed by atoms with Crippen molar-refractivity contribution in [1.82, 2.24) is 30.0 Å². The molecule has 0 amide bonds. The van der Waals surface area contributed by atoms with Crippen molar-refractivity contribution in [2.75, 3.05) is 18.4 Å². The zero-order chi connectivity index (χ0) is 16.9. The highest BCUT2D eigenvalue weighted by molar-refractivity contribution is 5.51. The summed E-state index contributed by atoms with van der Waals surface area (Å²) >= 11 is 0. The van der Waals surface area contributed by atoms with Crippen LogP contribution in [0.4, 0.5) is 11.6 Å². The Balaban J connectivity index is 1.44. The van der Waals surface area contributed by atoms with Gasteiger partial charge in [-0.3, -0.25) is 15.0 Å². The SMILES string of the molecule is c1cnc(Nc2cc(C3CCCN(Cc4ccn[nH]4)C3)ccn2)cn1. The Labute approximate surface area is 146 Å². The standard InChI is InChI=1S/C18H21N7/c1-2-15(12-25(9-1)13-16-4-6-22-24-16)14-3-5-20-17(10-14)23-18-11-19-7-8-21-18/h3-8,10-11,15H,1-2,9,12-13H2,(H,22,24)(H,20,21,23). The number of aromatic nitrogens is 5. The van der Waals surface area contributed by atoms with Gasteiger partial charge in [0, 0.05) is 43.6 Å². The van der Waals surface area contributed by atoms with Crippen LogP contribution in [0, 0.1) is 0 Å². The molecule has 7 nitrogen and oxygen atoms in total. The van der Waals surface area contributed by atoms with E-state index in [4.69, 9.17) is 0 Å². The van der Waals surface area contributed by atoms with E-state index in [1.165, 1.54) is 24.1 Å². The molecule has 0 aromatic carbocycles. The molecule has 3 aromatic rings. The van der Waals surface area contributed by atoms with Crippen molar-refractivity contribution in [2.45, 2.75) is 25.3 Å². The molecule has 1 aliphatic rings. The Hall–Kier alpha value is -2.80. The average Bonchev–Trinajstić information content (AvgIpc) is 3.16. The van der Waals surface area contributed by atoms with Gasteiger partial charge in [0.15, 0.2) is 0 Å². The largest absolute Gasteiger partial charge is 0.324 e. The van der Waals surface area contributed by atoms with Gasteiger partial charge in [-0.05, 0) is 49.1 Å². The lowest BCUT2D eigenvalue weighted by Crippen LogP contribution is -2.34. The number of hydrogen-bond donors (Lipinski definition) is 2.